The standard InChI is InChI=1S/C12H23NO3/c1-5-13(6-2)8-7-11(14)9-16-12(15)10(3)4/h11,14H,3,5-9H2,1-2,4H3. The van der Waals surface area contributed by atoms with Crippen LogP contribution in [0.1, 0.15) is 27.2 Å². The second-order valence-corrected chi connectivity index (χ2v) is 3.85. The first-order valence-corrected chi connectivity index (χ1v) is 5.74. The van der Waals surface area contributed by atoms with Gasteiger partial charge in [0, 0.05) is 12.1 Å². The summed E-state index contributed by atoms with van der Waals surface area (Å²) in [6, 6.07) is 0. The van der Waals surface area contributed by atoms with Crippen molar-refractivity contribution in [3.05, 3.63) is 12.2 Å². The number of aliphatic hydroxyl groups is 1. The van der Waals surface area contributed by atoms with Crippen molar-refractivity contribution < 1.29 is 14.6 Å². The van der Waals surface area contributed by atoms with E-state index < -0.39 is 12.1 Å². The fourth-order valence-electron chi connectivity index (χ4n) is 1.25. The third-order valence-electron chi connectivity index (χ3n) is 2.43. The van der Waals surface area contributed by atoms with E-state index in [0.717, 1.165) is 19.6 Å². The number of carbonyl (C=O) groups is 1. The molecule has 0 spiro atoms. The average molecular weight is 229 g/mol. The number of hydrogen-bond donors (Lipinski definition) is 1. The maximum Gasteiger partial charge on any atom is 0.333 e. The Balaban J connectivity index is 3.70. The van der Waals surface area contributed by atoms with E-state index in [0.29, 0.717) is 12.0 Å². The highest BCUT2D eigenvalue weighted by atomic mass is 16.5. The van der Waals surface area contributed by atoms with Crippen LogP contribution in [0.4, 0.5) is 0 Å². The highest BCUT2D eigenvalue weighted by molar-refractivity contribution is 5.86. The summed E-state index contributed by atoms with van der Waals surface area (Å²) >= 11 is 0. The average Bonchev–Trinajstić information content (AvgIpc) is 2.27. The molecule has 4 heteroatoms. The number of hydrogen-bond acceptors (Lipinski definition) is 4. The van der Waals surface area contributed by atoms with Gasteiger partial charge >= 0.3 is 5.97 Å². The number of rotatable bonds is 8. The van der Waals surface area contributed by atoms with Crippen LogP contribution in [0.15, 0.2) is 12.2 Å². The highest BCUT2D eigenvalue weighted by Crippen LogP contribution is 1.99. The SMILES string of the molecule is C=C(C)C(=O)OCC(O)CCN(CC)CC. The smallest absolute Gasteiger partial charge is 0.333 e. The predicted molar refractivity (Wildman–Crippen MR) is 64.2 cm³/mol. The van der Waals surface area contributed by atoms with Crippen LogP contribution in [0, 0.1) is 0 Å². The van der Waals surface area contributed by atoms with Gasteiger partial charge in [0.25, 0.3) is 0 Å². The minimum atomic E-state index is -0.594. The number of nitrogens with zero attached hydrogens (tertiary/aromatic N) is 1. The van der Waals surface area contributed by atoms with Crippen molar-refractivity contribution in [1.82, 2.24) is 4.90 Å². The first kappa shape index (κ1) is 15.1. The van der Waals surface area contributed by atoms with E-state index in [1.165, 1.54) is 0 Å². The first-order valence-electron chi connectivity index (χ1n) is 5.74. The van der Waals surface area contributed by atoms with Gasteiger partial charge in [-0.3, -0.25) is 0 Å². The van der Waals surface area contributed by atoms with E-state index in [1.807, 2.05) is 0 Å². The zero-order valence-electron chi connectivity index (χ0n) is 10.5. The molecule has 0 rings (SSSR count). The van der Waals surface area contributed by atoms with Crippen molar-refractivity contribution in [2.45, 2.75) is 33.3 Å². The summed E-state index contributed by atoms with van der Waals surface area (Å²) in [6.45, 7) is 12.0. The highest BCUT2D eigenvalue weighted by Gasteiger charge is 2.10. The quantitative estimate of drug-likeness (QED) is 0.502. The minimum Gasteiger partial charge on any atom is -0.460 e. The van der Waals surface area contributed by atoms with Gasteiger partial charge in [-0.1, -0.05) is 20.4 Å². The topological polar surface area (TPSA) is 49.8 Å². The van der Waals surface area contributed by atoms with Gasteiger partial charge < -0.3 is 14.7 Å². The molecule has 1 unspecified atom stereocenters. The molecule has 16 heavy (non-hydrogen) atoms. The molecule has 0 bridgehead atoms. The molecule has 94 valence electrons. The fourth-order valence-corrected chi connectivity index (χ4v) is 1.25. The number of carbonyl (C=O) groups excluding carboxylic acids is 1. The second kappa shape index (κ2) is 8.30. The number of ether oxygens (including phenoxy) is 1. The van der Waals surface area contributed by atoms with Crippen LogP contribution < -0.4 is 0 Å². The molecule has 0 aliphatic carbocycles. The summed E-state index contributed by atoms with van der Waals surface area (Å²) < 4.78 is 4.86. The molecule has 0 saturated carbocycles. The van der Waals surface area contributed by atoms with Gasteiger partial charge in [0.05, 0.1) is 6.10 Å². The van der Waals surface area contributed by atoms with E-state index in [1.54, 1.807) is 6.92 Å². The molecule has 0 aromatic rings. The van der Waals surface area contributed by atoms with Gasteiger partial charge in [-0.05, 0) is 26.4 Å². The van der Waals surface area contributed by atoms with Gasteiger partial charge in [-0.2, -0.15) is 0 Å². The van der Waals surface area contributed by atoms with Crippen LogP contribution in [0.3, 0.4) is 0 Å². The monoisotopic (exact) mass is 229 g/mol. The molecule has 4 nitrogen and oxygen atoms in total. The second-order valence-electron chi connectivity index (χ2n) is 3.85. The Kier molecular flexibility index (Phi) is 7.85. The molecule has 1 atom stereocenters. The maximum absolute atomic E-state index is 11.1. The Hall–Kier alpha value is -0.870. The van der Waals surface area contributed by atoms with Crippen molar-refractivity contribution in [2.24, 2.45) is 0 Å². The van der Waals surface area contributed by atoms with E-state index in [4.69, 9.17) is 4.74 Å². The molecule has 0 amide bonds. The van der Waals surface area contributed by atoms with Crippen LogP contribution in [-0.2, 0) is 9.53 Å². The Morgan fingerprint density at radius 1 is 1.44 bits per heavy atom. The van der Waals surface area contributed by atoms with Crippen LogP contribution in [0.5, 0.6) is 0 Å². The molecule has 0 aromatic heterocycles. The van der Waals surface area contributed by atoms with Gasteiger partial charge in [0.2, 0.25) is 0 Å². The summed E-state index contributed by atoms with van der Waals surface area (Å²) in [5.74, 6) is -0.443. The Labute approximate surface area is 97.9 Å². The van der Waals surface area contributed by atoms with E-state index >= 15 is 0 Å². The van der Waals surface area contributed by atoms with Crippen molar-refractivity contribution in [1.29, 1.82) is 0 Å². The third-order valence-corrected chi connectivity index (χ3v) is 2.43. The molecule has 0 fully saturated rings. The molecular formula is C12H23NO3. The summed E-state index contributed by atoms with van der Waals surface area (Å²) in [5.41, 5.74) is 0.357. The number of aliphatic hydroxyl groups excluding tert-OH is 1. The van der Waals surface area contributed by atoms with Crippen molar-refractivity contribution in [2.75, 3.05) is 26.2 Å². The van der Waals surface area contributed by atoms with Crippen LogP contribution in [0.2, 0.25) is 0 Å². The van der Waals surface area contributed by atoms with Crippen LogP contribution in [0.25, 0.3) is 0 Å². The molecular weight excluding hydrogens is 206 g/mol. The van der Waals surface area contributed by atoms with Gasteiger partial charge in [0.1, 0.15) is 6.61 Å². The predicted octanol–water partition coefficient (Wildman–Crippen LogP) is 1.20. The van der Waals surface area contributed by atoms with Gasteiger partial charge in [-0.25, -0.2) is 4.79 Å². The zero-order chi connectivity index (χ0) is 12.6. The fraction of sp³-hybridized carbons (Fsp3) is 0.750. The molecule has 0 aliphatic heterocycles. The molecule has 1 N–H and O–H groups in total. The lowest BCUT2D eigenvalue weighted by molar-refractivity contribution is -0.142. The van der Waals surface area contributed by atoms with Crippen molar-refractivity contribution in [3.63, 3.8) is 0 Å². The summed E-state index contributed by atoms with van der Waals surface area (Å²) in [6.07, 6.45) is 0.0226. The van der Waals surface area contributed by atoms with Crippen molar-refractivity contribution >= 4 is 5.97 Å². The molecule has 0 radical (unpaired) electrons. The number of esters is 1. The summed E-state index contributed by atoms with van der Waals surface area (Å²) in [5, 5.41) is 9.59. The van der Waals surface area contributed by atoms with E-state index in [-0.39, 0.29) is 6.61 Å². The molecule has 0 saturated heterocycles. The Morgan fingerprint density at radius 2 is 2.00 bits per heavy atom. The lowest BCUT2D eigenvalue weighted by Gasteiger charge is -2.19. The minimum absolute atomic E-state index is 0.0486. The van der Waals surface area contributed by atoms with Crippen LogP contribution >= 0.6 is 0 Å². The van der Waals surface area contributed by atoms with E-state index in [2.05, 4.69) is 25.3 Å². The van der Waals surface area contributed by atoms with Crippen LogP contribution in [-0.4, -0.2) is 48.3 Å². The lowest BCUT2D eigenvalue weighted by atomic mass is 10.2. The molecule has 0 aliphatic rings. The zero-order valence-corrected chi connectivity index (χ0v) is 10.5. The molecule has 0 heterocycles. The largest absolute Gasteiger partial charge is 0.460 e. The third kappa shape index (κ3) is 6.58. The molecule has 0 aromatic carbocycles. The summed E-state index contributed by atoms with van der Waals surface area (Å²) in [4.78, 5) is 13.3. The summed E-state index contributed by atoms with van der Waals surface area (Å²) in [7, 11) is 0. The first-order chi connectivity index (χ1) is 7.51. The Morgan fingerprint density at radius 3 is 2.44 bits per heavy atom. The van der Waals surface area contributed by atoms with Gasteiger partial charge in [-0.15, -0.1) is 0 Å². The van der Waals surface area contributed by atoms with Crippen molar-refractivity contribution in [3.8, 4) is 0 Å². The maximum atomic E-state index is 11.1. The normalized spacial score (nSPS) is 12.6. The Bertz CT molecular complexity index is 224. The lowest BCUT2D eigenvalue weighted by Crippen LogP contribution is -2.29. The van der Waals surface area contributed by atoms with E-state index in [9.17, 15) is 9.90 Å². The van der Waals surface area contributed by atoms with Gasteiger partial charge in [0.15, 0.2) is 0 Å².